The molecule has 15 heteroatoms. The zero-order chi connectivity index (χ0) is 33.4. The third kappa shape index (κ3) is 9.18. The molecule has 4 aromatic rings. The molecule has 47 heavy (non-hydrogen) atoms. The van der Waals surface area contributed by atoms with Crippen molar-refractivity contribution in [3.05, 3.63) is 83.6 Å². The van der Waals surface area contributed by atoms with Crippen LogP contribution in [-0.4, -0.2) is 66.3 Å². The molecule has 3 amide bonds. The Morgan fingerprint density at radius 3 is 2.45 bits per heavy atom. The van der Waals surface area contributed by atoms with Gasteiger partial charge in [0, 0.05) is 41.5 Å². The summed E-state index contributed by atoms with van der Waals surface area (Å²) >= 11 is 2.87. The number of nitrogens with one attached hydrogen (secondary N) is 3. The molecular formula is C32H30BrF3N6O5. The highest BCUT2D eigenvalue weighted by Gasteiger charge is 2.33. The number of aromatic nitrogens is 2. The lowest BCUT2D eigenvalue weighted by atomic mass is 10.2. The zero-order valence-electron chi connectivity index (χ0n) is 24.9. The molecule has 1 aliphatic rings. The average molecular weight is 716 g/mol. The number of carbonyl (C=O) groups excluding carboxylic acids is 2. The summed E-state index contributed by atoms with van der Waals surface area (Å²) in [5, 5.41) is 8.22. The molecule has 3 N–H and O–H groups in total. The average Bonchev–Trinajstić information content (AvgIpc) is 3.05. The van der Waals surface area contributed by atoms with Crippen molar-refractivity contribution in [2.75, 3.05) is 55.4 Å². The van der Waals surface area contributed by atoms with Gasteiger partial charge >= 0.3 is 12.2 Å². The number of rotatable bonds is 11. The molecule has 5 rings (SSSR count). The van der Waals surface area contributed by atoms with Gasteiger partial charge in [0.15, 0.2) is 0 Å². The van der Waals surface area contributed by atoms with E-state index in [-0.39, 0.29) is 16.0 Å². The molecule has 0 saturated carbocycles. The normalized spacial score (nSPS) is 13.5. The third-order valence-electron chi connectivity index (χ3n) is 6.98. The number of amides is 3. The van der Waals surface area contributed by atoms with Crippen LogP contribution >= 0.6 is 15.9 Å². The number of anilines is 3. The minimum absolute atomic E-state index is 0.0289. The van der Waals surface area contributed by atoms with E-state index >= 15 is 0 Å². The van der Waals surface area contributed by atoms with E-state index in [0.29, 0.717) is 40.4 Å². The number of hydrogen-bond acceptors (Lipinski definition) is 8. The second-order valence-corrected chi connectivity index (χ2v) is 11.1. The van der Waals surface area contributed by atoms with Crippen LogP contribution in [-0.2, 0) is 15.7 Å². The first-order chi connectivity index (χ1) is 22.6. The van der Waals surface area contributed by atoms with Crippen molar-refractivity contribution in [2.24, 2.45) is 0 Å². The Balaban J connectivity index is 1.25. The smallest absolute Gasteiger partial charge is 0.417 e. The Morgan fingerprint density at radius 2 is 1.72 bits per heavy atom. The predicted molar refractivity (Wildman–Crippen MR) is 174 cm³/mol. The number of nitrogens with zero attached hydrogens (tertiary/aromatic N) is 3. The minimum atomic E-state index is -4.59. The molecular weight excluding hydrogens is 685 g/mol. The van der Waals surface area contributed by atoms with Crippen molar-refractivity contribution in [1.29, 1.82) is 0 Å². The summed E-state index contributed by atoms with van der Waals surface area (Å²) in [7, 11) is 0. The molecule has 0 bridgehead atoms. The van der Waals surface area contributed by atoms with Gasteiger partial charge < -0.3 is 30.2 Å². The summed E-state index contributed by atoms with van der Waals surface area (Å²) in [6.07, 6.45) is -1.31. The molecule has 246 valence electrons. The Kier molecular flexibility index (Phi) is 10.9. The van der Waals surface area contributed by atoms with Crippen molar-refractivity contribution in [2.45, 2.75) is 12.6 Å². The molecule has 0 aliphatic carbocycles. The summed E-state index contributed by atoms with van der Waals surface area (Å²) < 4.78 is 56.9. The lowest BCUT2D eigenvalue weighted by molar-refractivity contribution is -0.138. The Hall–Kier alpha value is -4.73. The molecule has 0 atom stereocenters. The predicted octanol–water partition coefficient (Wildman–Crippen LogP) is 7.07. The van der Waals surface area contributed by atoms with Crippen LogP contribution in [0.2, 0.25) is 0 Å². The van der Waals surface area contributed by atoms with Crippen LogP contribution in [0.1, 0.15) is 12.0 Å². The highest BCUT2D eigenvalue weighted by Crippen LogP contribution is 2.37. The summed E-state index contributed by atoms with van der Waals surface area (Å²) in [6.45, 7) is 8.00. The van der Waals surface area contributed by atoms with Crippen molar-refractivity contribution < 1.29 is 37.0 Å². The molecule has 3 aromatic carbocycles. The largest absolute Gasteiger partial charge is 0.491 e. The van der Waals surface area contributed by atoms with E-state index in [4.69, 9.17) is 14.2 Å². The van der Waals surface area contributed by atoms with Gasteiger partial charge in [0.2, 0.25) is 11.8 Å². The highest BCUT2D eigenvalue weighted by atomic mass is 79.9. The van der Waals surface area contributed by atoms with E-state index in [9.17, 15) is 22.8 Å². The van der Waals surface area contributed by atoms with Crippen LogP contribution in [0.5, 0.6) is 17.4 Å². The lowest BCUT2D eigenvalue weighted by Gasteiger charge is -2.26. The van der Waals surface area contributed by atoms with E-state index in [1.807, 2.05) is 0 Å². The van der Waals surface area contributed by atoms with Crippen molar-refractivity contribution in [1.82, 2.24) is 14.9 Å². The molecule has 1 fully saturated rings. The molecule has 0 spiro atoms. The molecule has 11 nitrogen and oxygen atoms in total. The van der Waals surface area contributed by atoms with Gasteiger partial charge in [-0.2, -0.15) is 13.2 Å². The van der Waals surface area contributed by atoms with Crippen LogP contribution in [0.25, 0.3) is 10.9 Å². The van der Waals surface area contributed by atoms with E-state index in [2.05, 4.69) is 53.3 Å². The van der Waals surface area contributed by atoms with Crippen molar-refractivity contribution in [3.63, 3.8) is 0 Å². The van der Waals surface area contributed by atoms with Gasteiger partial charge in [0.1, 0.15) is 17.8 Å². The number of carbonyl (C=O) groups is 2. The van der Waals surface area contributed by atoms with Gasteiger partial charge in [0.25, 0.3) is 0 Å². The second-order valence-electron chi connectivity index (χ2n) is 10.3. The number of ether oxygens (including phenoxy) is 3. The van der Waals surface area contributed by atoms with E-state index in [1.165, 1.54) is 18.5 Å². The zero-order valence-corrected chi connectivity index (χ0v) is 26.5. The Morgan fingerprint density at radius 1 is 1.00 bits per heavy atom. The molecule has 2 heterocycles. The van der Waals surface area contributed by atoms with Gasteiger partial charge in [-0.1, -0.05) is 22.5 Å². The van der Waals surface area contributed by atoms with Crippen molar-refractivity contribution >= 4 is 55.8 Å². The highest BCUT2D eigenvalue weighted by molar-refractivity contribution is 9.10. The lowest BCUT2D eigenvalue weighted by Crippen LogP contribution is -2.37. The summed E-state index contributed by atoms with van der Waals surface area (Å²) in [6, 6.07) is 12.3. The summed E-state index contributed by atoms with van der Waals surface area (Å²) in [5.41, 5.74) is 0.338. The first-order valence-corrected chi connectivity index (χ1v) is 15.3. The van der Waals surface area contributed by atoms with Crippen molar-refractivity contribution in [3.8, 4) is 17.4 Å². The third-order valence-corrected chi connectivity index (χ3v) is 7.67. The van der Waals surface area contributed by atoms with Gasteiger partial charge in [-0.15, -0.1) is 0 Å². The van der Waals surface area contributed by atoms with Gasteiger partial charge in [-0.3, -0.25) is 9.69 Å². The number of fused-ring (bicyclic) bond motifs is 1. The van der Waals surface area contributed by atoms with Gasteiger partial charge in [-0.05, 0) is 61.0 Å². The van der Waals surface area contributed by atoms with E-state index in [1.54, 1.807) is 36.4 Å². The summed E-state index contributed by atoms with van der Waals surface area (Å²) in [5.74, 6) is 0.594. The maximum atomic E-state index is 13.2. The van der Waals surface area contributed by atoms with Crippen LogP contribution < -0.4 is 25.4 Å². The number of morpholine rings is 1. The summed E-state index contributed by atoms with van der Waals surface area (Å²) in [4.78, 5) is 35.6. The van der Waals surface area contributed by atoms with E-state index in [0.717, 1.165) is 51.4 Å². The van der Waals surface area contributed by atoms with Crippen LogP contribution in [0.4, 0.5) is 35.0 Å². The Labute approximate surface area is 276 Å². The second kappa shape index (κ2) is 15.2. The molecule has 0 radical (unpaired) electrons. The Bertz CT molecular complexity index is 1750. The van der Waals surface area contributed by atoms with E-state index < -0.39 is 23.7 Å². The standard InChI is InChI=1S/C32H30BrF3N6O5/c1-2-29(43)41-27-17-23-26(18-28(27)46-13-3-10-42-11-14-45-15-12-42)37-19-38-30(23)47-22-7-4-20(5-8-22)39-31(44)40-21-6-9-25(33)24(16-21)32(34,35)36/h2,4-9,16-19H,1,3,10-15H2,(H,41,43)(H2,39,40,44). The van der Waals surface area contributed by atoms with Crippen LogP contribution in [0, 0.1) is 0 Å². The monoisotopic (exact) mass is 714 g/mol. The fraction of sp³-hybridized carbons (Fsp3) is 0.250. The molecule has 1 saturated heterocycles. The number of hydrogen-bond donors (Lipinski definition) is 3. The maximum Gasteiger partial charge on any atom is 0.417 e. The number of halogens is 4. The number of benzene rings is 3. The fourth-order valence-corrected chi connectivity index (χ4v) is 5.14. The topological polar surface area (TPSA) is 127 Å². The first kappa shape index (κ1) is 33.6. The van der Waals surface area contributed by atoms with Crippen LogP contribution in [0.15, 0.2) is 78.1 Å². The fourth-order valence-electron chi connectivity index (χ4n) is 4.67. The number of alkyl halides is 3. The molecule has 1 aromatic heterocycles. The first-order valence-electron chi connectivity index (χ1n) is 14.5. The molecule has 0 unspecified atom stereocenters. The van der Waals surface area contributed by atoms with Gasteiger partial charge in [-0.25, -0.2) is 14.8 Å². The number of urea groups is 1. The maximum absolute atomic E-state index is 13.2. The minimum Gasteiger partial charge on any atom is -0.491 e. The SMILES string of the molecule is C=CC(=O)Nc1cc2c(Oc3ccc(NC(=O)Nc4ccc(Br)c(C(F)(F)F)c4)cc3)ncnc2cc1OCCCN1CCOCC1. The van der Waals surface area contributed by atoms with Gasteiger partial charge in [0.05, 0.1) is 42.0 Å². The van der Waals surface area contributed by atoms with Crippen LogP contribution in [0.3, 0.4) is 0 Å². The molecule has 1 aliphatic heterocycles. The quantitative estimate of drug-likeness (QED) is 0.111.